The molecule has 2 nitrogen and oxygen atoms in total. The molecule has 2 heteroatoms. The SMILES string of the molecule is C=C(C)C1=CCC(C)CC1C1C(O)CC(C=CC)CC1O. The van der Waals surface area contributed by atoms with Crippen LogP contribution in [0, 0.1) is 23.7 Å². The first-order valence-corrected chi connectivity index (χ1v) is 8.28. The molecule has 4 unspecified atom stereocenters. The molecule has 0 bridgehead atoms. The van der Waals surface area contributed by atoms with Gasteiger partial charge in [-0.1, -0.05) is 37.3 Å². The van der Waals surface area contributed by atoms with Crippen LogP contribution in [-0.2, 0) is 0 Å². The van der Waals surface area contributed by atoms with Gasteiger partial charge in [-0.25, -0.2) is 0 Å². The second-order valence-corrected chi connectivity index (χ2v) is 7.09. The van der Waals surface area contributed by atoms with E-state index in [9.17, 15) is 10.2 Å². The number of aliphatic hydroxyl groups excluding tert-OH is 2. The topological polar surface area (TPSA) is 40.5 Å². The van der Waals surface area contributed by atoms with Gasteiger partial charge >= 0.3 is 0 Å². The largest absolute Gasteiger partial charge is 0.393 e. The summed E-state index contributed by atoms with van der Waals surface area (Å²) in [5, 5.41) is 21.2. The fourth-order valence-corrected chi connectivity index (χ4v) is 4.24. The van der Waals surface area contributed by atoms with Crippen molar-refractivity contribution < 1.29 is 10.2 Å². The van der Waals surface area contributed by atoms with Gasteiger partial charge in [0, 0.05) is 5.92 Å². The van der Waals surface area contributed by atoms with Crippen molar-refractivity contribution in [3.8, 4) is 0 Å². The third-order valence-corrected chi connectivity index (χ3v) is 5.20. The number of rotatable bonds is 3. The molecule has 2 aliphatic rings. The maximum atomic E-state index is 10.6. The van der Waals surface area contributed by atoms with Crippen LogP contribution in [0.1, 0.15) is 46.5 Å². The molecular formula is C19H30O2. The lowest BCUT2D eigenvalue weighted by molar-refractivity contribution is -0.0603. The van der Waals surface area contributed by atoms with E-state index in [0.29, 0.717) is 11.8 Å². The molecule has 118 valence electrons. The van der Waals surface area contributed by atoms with E-state index in [1.807, 2.05) is 19.9 Å². The average Bonchev–Trinajstić information content (AvgIpc) is 2.38. The predicted octanol–water partition coefficient (Wildman–Crippen LogP) is 3.86. The number of aliphatic hydroxyl groups is 2. The summed E-state index contributed by atoms with van der Waals surface area (Å²) in [4.78, 5) is 0. The fourth-order valence-electron chi connectivity index (χ4n) is 4.24. The monoisotopic (exact) mass is 290 g/mol. The zero-order chi connectivity index (χ0) is 15.6. The second-order valence-electron chi connectivity index (χ2n) is 7.09. The van der Waals surface area contributed by atoms with Crippen molar-refractivity contribution >= 4 is 0 Å². The van der Waals surface area contributed by atoms with E-state index in [1.54, 1.807) is 0 Å². The number of allylic oxidation sites excluding steroid dienone is 5. The zero-order valence-corrected chi connectivity index (χ0v) is 13.6. The standard InChI is InChI=1S/C19H30O2/c1-5-6-14-10-17(20)19(18(21)11-14)16-9-13(4)7-8-15(16)12(2)3/h5-6,8,13-14,16-21H,2,7,9-11H2,1,3-4H3. The lowest BCUT2D eigenvalue weighted by Crippen LogP contribution is -2.45. The molecule has 0 radical (unpaired) electrons. The lowest BCUT2D eigenvalue weighted by atomic mass is 9.65. The van der Waals surface area contributed by atoms with Crippen molar-refractivity contribution in [1.82, 2.24) is 0 Å². The van der Waals surface area contributed by atoms with Crippen LogP contribution in [0.2, 0.25) is 0 Å². The number of hydrogen-bond donors (Lipinski definition) is 2. The Morgan fingerprint density at radius 2 is 1.86 bits per heavy atom. The highest BCUT2D eigenvalue weighted by molar-refractivity contribution is 5.32. The van der Waals surface area contributed by atoms with E-state index in [4.69, 9.17) is 0 Å². The second kappa shape index (κ2) is 6.93. The maximum absolute atomic E-state index is 10.6. The highest BCUT2D eigenvalue weighted by Crippen LogP contribution is 2.44. The van der Waals surface area contributed by atoms with E-state index < -0.39 is 12.2 Å². The molecule has 2 rings (SSSR count). The van der Waals surface area contributed by atoms with Crippen molar-refractivity contribution in [1.29, 1.82) is 0 Å². The third-order valence-electron chi connectivity index (χ3n) is 5.20. The van der Waals surface area contributed by atoms with Crippen LogP contribution in [-0.4, -0.2) is 22.4 Å². The van der Waals surface area contributed by atoms with Gasteiger partial charge in [0.2, 0.25) is 0 Å². The lowest BCUT2D eigenvalue weighted by Gasteiger charge is -2.43. The summed E-state index contributed by atoms with van der Waals surface area (Å²) in [6.07, 6.45) is 9.22. The molecule has 0 spiro atoms. The van der Waals surface area contributed by atoms with Crippen LogP contribution in [0.25, 0.3) is 0 Å². The first-order valence-electron chi connectivity index (χ1n) is 8.28. The zero-order valence-electron chi connectivity index (χ0n) is 13.6. The summed E-state index contributed by atoms with van der Waals surface area (Å²) in [5.41, 5.74) is 2.35. The molecule has 0 aliphatic heterocycles. The highest BCUT2D eigenvalue weighted by Gasteiger charge is 2.42. The summed E-state index contributed by atoms with van der Waals surface area (Å²) < 4.78 is 0. The van der Waals surface area contributed by atoms with E-state index >= 15 is 0 Å². The molecule has 0 amide bonds. The molecule has 0 saturated heterocycles. The Hall–Kier alpha value is -0.860. The summed E-state index contributed by atoms with van der Waals surface area (Å²) in [6.45, 7) is 10.4. The Morgan fingerprint density at radius 3 is 2.38 bits per heavy atom. The van der Waals surface area contributed by atoms with Crippen molar-refractivity contribution in [3.05, 3.63) is 36.0 Å². The molecule has 1 fully saturated rings. The summed E-state index contributed by atoms with van der Waals surface area (Å²) >= 11 is 0. The average molecular weight is 290 g/mol. The molecule has 2 N–H and O–H groups in total. The molecule has 1 saturated carbocycles. The molecule has 2 aliphatic carbocycles. The van der Waals surface area contributed by atoms with Crippen LogP contribution in [0.3, 0.4) is 0 Å². The van der Waals surface area contributed by atoms with Crippen molar-refractivity contribution in [3.63, 3.8) is 0 Å². The Balaban J connectivity index is 2.21. The van der Waals surface area contributed by atoms with Gasteiger partial charge < -0.3 is 10.2 Å². The predicted molar refractivity (Wildman–Crippen MR) is 87.8 cm³/mol. The molecule has 21 heavy (non-hydrogen) atoms. The van der Waals surface area contributed by atoms with Crippen LogP contribution in [0.5, 0.6) is 0 Å². The van der Waals surface area contributed by atoms with E-state index in [1.165, 1.54) is 5.57 Å². The summed E-state index contributed by atoms with van der Waals surface area (Å²) in [5.74, 6) is 1.13. The van der Waals surface area contributed by atoms with Gasteiger partial charge in [0.15, 0.2) is 0 Å². The fraction of sp³-hybridized carbons (Fsp3) is 0.684. The molecule has 0 aromatic carbocycles. The molecule has 0 aromatic heterocycles. The van der Waals surface area contributed by atoms with E-state index in [2.05, 4.69) is 25.7 Å². The van der Waals surface area contributed by atoms with Crippen LogP contribution in [0.15, 0.2) is 36.0 Å². The quantitative estimate of drug-likeness (QED) is 0.775. The van der Waals surface area contributed by atoms with Crippen molar-refractivity contribution in [2.45, 2.75) is 58.7 Å². The van der Waals surface area contributed by atoms with Gasteiger partial charge in [-0.2, -0.15) is 0 Å². The Bertz CT molecular complexity index is 423. The van der Waals surface area contributed by atoms with Crippen LogP contribution >= 0.6 is 0 Å². The molecule has 0 aromatic rings. The maximum Gasteiger partial charge on any atom is 0.0604 e. The van der Waals surface area contributed by atoms with E-state index in [0.717, 1.165) is 31.3 Å². The van der Waals surface area contributed by atoms with Gasteiger partial charge in [0.05, 0.1) is 12.2 Å². The minimum absolute atomic E-state index is 0.0443. The van der Waals surface area contributed by atoms with Gasteiger partial charge in [-0.3, -0.25) is 0 Å². The molecular weight excluding hydrogens is 260 g/mol. The first kappa shape index (κ1) is 16.5. The minimum Gasteiger partial charge on any atom is -0.393 e. The van der Waals surface area contributed by atoms with E-state index in [-0.39, 0.29) is 11.8 Å². The smallest absolute Gasteiger partial charge is 0.0604 e. The minimum atomic E-state index is -0.423. The number of hydrogen-bond acceptors (Lipinski definition) is 2. The van der Waals surface area contributed by atoms with Crippen molar-refractivity contribution in [2.75, 3.05) is 0 Å². The Morgan fingerprint density at radius 1 is 1.24 bits per heavy atom. The summed E-state index contributed by atoms with van der Waals surface area (Å²) in [6, 6.07) is 0. The van der Waals surface area contributed by atoms with Gasteiger partial charge in [-0.15, -0.1) is 0 Å². The summed E-state index contributed by atoms with van der Waals surface area (Å²) in [7, 11) is 0. The van der Waals surface area contributed by atoms with Crippen LogP contribution in [0.4, 0.5) is 0 Å². The molecule has 4 atom stereocenters. The Labute approximate surface area is 129 Å². The third kappa shape index (κ3) is 3.67. The molecule has 0 heterocycles. The van der Waals surface area contributed by atoms with Crippen LogP contribution < -0.4 is 0 Å². The Kier molecular flexibility index (Phi) is 5.45. The van der Waals surface area contributed by atoms with Gasteiger partial charge in [0.1, 0.15) is 0 Å². The van der Waals surface area contributed by atoms with Crippen molar-refractivity contribution in [2.24, 2.45) is 23.7 Å². The van der Waals surface area contributed by atoms with Gasteiger partial charge in [0.25, 0.3) is 0 Å². The highest BCUT2D eigenvalue weighted by atomic mass is 16.3. The normalized spacial score (nSPS) is 41.1. The van der Waals surface area contributed by atoms with Gasteiger partial charge in [-0.05, 0) is 62.9 Å². The first-order chi connectivity index (χ1) is 9.93.